The van der Waals surface area contributed by atoms with Gasteiger partial charge in [0, 0.05) is 28.2 Å². The standard InChI is InChI=1S/C18H22FN3O4S2/c1-21(2)16-6-5-7-17(28(25,26)22(3)4)18(16)20-27(23,24)13-12-14-8-10-15(19)11-9-14/h5-13,20H,1-4H3. The largest absolute Gasteiger partial charge is 0.376 e. The van der Waals surface area contributed by atoms with Crippen LogP contribution in [0.1, 0.15) is 5.56 Å². The van der Waals surface area contributed by atoms with Gasteiger partial charge in [0.25, 0.3) is 10.0 Å². The first-order valence-corrected chi connectivity index (χ1v) is 11.1. The maximum absolute atomic E-state index is 13.0. The SMILES string of the molecule is CN(C)c1cccc(S(=O)(=O)N(C)C)c1NS(=O)(=O)C=Cc1ccc(F)cc1. The van der Waals surface area contributed by atoms with E-state index in [1.165, 1.54) is 56.6 Å². The molecule has 0 unspecified atom stereocenters. The zero-order valence-corrected chi connectivity index (χ0v) is 17.6. The summed E-state index contributed by atoms with van der Waals surface area (Å²) in [4.78, 5) is 1.44. The smallest absolute Gasteiger partial charge is 0.255 e. The van der Waals surface area contributed by atoms with Crippen molar-refractivity contribution in [1.29, 1.82) is 0 Å². The summed E-state index contributed by atoms with van der Waals surface area (Å²) < 4.78 is 66.7. The third-order valence-electron chi connectivity index (χ3n) is 3.80. The van der Waals surface area contributed by atoms with E-state index in [1.807, 2.05) is 0 Å². The van der Waals surface area contributed by atoms with Crippen LogP contribution < -0.4 is 9.62 Å². The molecule has 10 heteroatoms. The molecule has 0 aliphatic rings. The maximum atomic E-state index is 13.0. The minimum atomic E-state index is -4.04. The minimum absolute atomic E-state index is 0.0510. The molecule has 152 valence electrons. The molecule has 2 aromatic carbocycles. The summed E-state index contributed by atoms with van der Waals surface area (Å²) in [7, 11) is -1.86. The predicted molar refractivity (Wildman–Crippen MR) is 110 cm³/mol. The molecule has 2 aromatic rings. The van der Waals surface area contributed by atoms with E-state index in [4.69, 9.17) is 0 Å². The first-order chi connectivity index (χ1) is 12.9. The highest BCUT2D eigenvalue weighted by Gasteiger charge is 2.26. The molecule has 0 saturated carbocycles. The molecule has 0 saturated heterocycles. The van der Waals surface area contributed by atoms with E-state index in [0.29, 0.717) is 11.3 Å². The van der Waals surface area contributed by atoms with E-state index in [9.17, 15) is 21.2 Å². The average molecular weight is 428 g/mol. The van der Waals surface area contributed by atoms with E-state index in [1.54, 1.807) is 25.1 Å². The van der Waals surface area contributed by atoms with Crippen LogP contribution in [0.4, 0.5) is 15.8 Å². The van der Waals surface area contributed by atoms with Gasteiger partial charge in [0.15, 0.2) is 0 Å². The van der Waals surface area contributed by atoms with Crippen molar-refractivity contribution in [1.82, 2.24) is 4.31 Å². The molecule has 0 fully saturated rings. The Balaban J connectivity index is 2.50. The van der Waals surface area contributed by atoms with Crippen LogP contribution in [-0.4, -0.2) is 49.3 Å². The minimum Gasteiger partial charge on any atom is -0.376 e. The third kappa shape index (κ3) is 5.09. The van der Waals surface area contributed by atoms with Crippen molar-refractivity contribution in [2.75, 3.05) is 37.8 Å². The van der Waals surface area contributed by atoms with Gasteiger partial charge in [-0.2, -0.15) is 0 Å². The van der Waals surface area contributed by atoms with Gasteiger partial charge in [0.05, 0.1) is 16.8 Å². The van der Waals surface area contributed by atoms with Crippen molar-refractivity contribution in [2.24, 2.45) is 0 Å². The Labute approximate surface area is 165 Å². The van der Waals surface area contributed by atoms with Crippen LogP contribution >= 0.6 is 0 Å². The van der Waals surface area contributed by atoms with Crippen LogP contribution in [0.3, 0.4) is 0 Å². The summed E-state index contributed by atoms with van der Waals surface area (Å²) in [6, 6.07) is 9.76. The highest BCUT2D eigenvalue weighted by atomic mass is 32.2. The topological polar surface area (TPSA) is 86.8 Å². The van der Waals surface area contributed by atoms with Crippen LogP contribution in [0, 0.1) is 5.82 Å². The summed E-state index contributed by atoms with van der Waals surface area (Å²) >= 11 is 0. The molecule has 0 aliphatic carbocycles. The molecular formula is C18H22FN3O4S2. The summed E-state index contributed by atoms with van der Waals surface area (Å²) in [5.74, 6) is -0.434. The van der Waals surface area contributed by atoms with Crippen molar-refractivity contribution in [3.63, 3.8) is 0 Å². The average Bonchev–Trinajstić information content (AvgIpc) is 2.60. The number of nitrogens with zero attached hydrogens (tertiary/aromatic N) is 2. The lowest BCUT2D eigenvalue weighted by atomic mass is 10.2. The molecule has 0 aromatic heterocycles. The molecule has 0 amide bonds. The molecule has 0 bridgehead atoms. The van der Waals surface area contributed by atoms with Crippen LogP contribution in [0.5, 0.6) is 0 Å². The van der Waals surface area contributed by atoms with Crippen molar-refractivity contribution in [2.45, 2.75) is 4.90 Å². The van der Waals surface area contributed by atoms with Gasteiger partial charge in [-0.1, -0.05) is 18.2 Å². The van der Waals surface area contributed by atoms with E-state index < -0.39 is 25.9 Å². The molecule has 0 atom stereocenters. The number of hydrogen-bond donors (Lipinski definition) is 1. The molecule has 0 radical (unpaired) electrons. The predicted octanol–water partition coefficient (Wildman–Crippen LogP) is 2.55. The Kier molecular flexibility index (Phi) is 6.48. The van der Waals surface area contributed by atoms with Gasteiger partial charge in [-0.05, 0) is 35.9 Å². The zero-order chi connectivity index (χ0) is 21.1. The van der Waals surface area contributed by atoms with Crippen LogP contribution in [-0.2, 0) is 20.0 Å². The van der Waals surface area contributed by atoms with Gasteiger partial charge in [0.1, 0.15) is 10.7 Å². The highest BCUT2D eigenvalue weighted by molar-refractivity contribution is 7.95. The Morgan fingerprint density at radius 2 is 1.54 bits per heavy atom. The van der Waals surface area contributed by atoms with E-state index in [2.05, 4.69) is 4.72 Å². The fraction of sp³-hybridized carbons (Fsp3) is 0.222. The number of halogens is 1. The first-order valence-electron chi connectivity index (χ1n) is 8.13. The Morgan fingerprint density at radius 3 is 2.07 bits per heavy atom. The van der Waals surface area contributed by atoms with Crippen molar-refractivity contribution in [3.8, 4) is 0 Å². The van der Waals surface area contributed by atoms with Crippen molar-refractivity contribution < 1.29 is 21.2 Å². The maximum Gasteiger partial charge on any atom is 0.255 e. The van der Waals surface area contributed by atoms with E-state index in [0.717, 1.165) is 9.71 Å². The number of para-hydroxylation sites is 1. The van der Waals surface area contributed by atoms with Crippen molar-refractivity contribution in [3.05, 3.63) is 59.3 Å². The fourth-order valence-electron chi connectivity index (χ4n) is 2.32. The Bertz CT molecular complexity index is 1080. The molecule has 1 N–H and O–H groups in total. The summed E-state index contributed by atoms with van der Waals surface area (Å²) in [5, 5.41) is 0.902. The van der Waals surface area contributed by atoms with Crippen molar-refractivity contribution >= 4 is 37.5 Å². The number of sulfonamides is 2. The Hall–Kier alpha value is -2.43. The van der Waals surface area contributed by atoms with E-state index >= 15 is 0 Å². The lowest BCUT2D eigenvalue weighted by Crippen LogP contribution is -2.25. The number of benzene rings is 2. The summed E-state index contributed by atoms with van der Waals surface area (Å²) in [6.45, 7) is 0. The molecular weight excluding hydrogens is 405 g/mol. The second-order valence-corrected chi connectivity index (χ2v) is 10.0. The number of anilines is 2. The van der Waals surface area contributed by atoms with Gasteiger partial charge in [-0.15, -0.1) is 0 Å². The molecule has 0 heterocycles. The highest BCUT2D eigenvalue weighted by Crippen LogP contribution is 2.33. The van der Waals surface area contributed by atoms with Crippen LogP contribution in [0.15, 0.2) is 52.8 Å². The van der Waals surface area contributed by atoms with Gasteiger partial charge >= 0.3 is 0 Å². The monoisotopic (exact) mass is 427 g/mol. The number of hydrogen-bond acceptors (Lipinski definition) is 5. The third-order valence-corrected chi connectivity index (χ3v) is 6.64. The lowest BCUT2D eigenvalue weighted by molar-refractivity contribution is 0.521. The Morgan fingerprint density at radius 1 is 0.929 bits per heavy atom. The fourth-order valence-corrected chi connectivity index (χ4v) is 4.35. The normalized spacial score (nSPS) is 12.5. The lowest BCUT2D eigenvalue weighted by Gasteiger charge is -2.22. The van der Waals surface area contributed by atoms with Gasteiger partial charge < -0.3 is 4.90 Å². The van der Waals surface area contributed by atoms with Gasteiger partial charge in [-0.3, -0.25) is 4.72 Å². The van der Waals surface area contributed by atoms with Gasteiger partial charge in [-0.25, -0.2) is 25.5 Å². The molecule has 7 nitrogen and oxygen atoms in total. The zero-order valence-electron chi connectivity index (χ0n) is 15.9. The number of rotatable bonds is 7. The second-order valence-electron chi connectivity index (χ2n) is 6.33. The number of nitrogens with one attached hydrogen (secondary N) is 1. The summed E-state index contributed by atoms with van der Waals surface area (Å²) in [6.07, 6.45) is 1.29. The first kappa shape index (κ1) is 21.9. The van der Waals surface area contributed by atoms with Crippen LogP contribution in [0.2, 0.25) is 0 Å². The van der Waals surface area contributed by atoms with E-state index in [-0.39, 0.29) is 10.6 Å². The molecule has 0 aliphatic heterocycles. The molecule has 28 heavy (non-hydrogen) atoms. The summed E-state index contributed by atoms with van der Waals surface area (Å²) in [5.41, 5.74) is 0.820. The van der Waals surface area contributed by atoms with Crippen LogP contribution in [0.25, 0.3) is 6.08 Å². The molecule has 2 rings (SSSR count). The van der Waals surface area contributed by atoms with Gasteiger partial charge in [0.2, 0.25) is 10.0 Å². The quantitative estimate of drug-likeness (QED) is 0.734. The molecule has 0 spiro atoms. The second kappa shape index (κ2) is 8.29.